The molecule has 1 aliphatic heterocycles. The number of carbonyl (C=O) groups excluding carboxylic acids is 1. The molecule has 39 heavy (non-hydrogen) atoms. The van der Waals surface area contributed by atoms with Crippen LogP contribution in [-0.4, -0.2) is 71.2 Å². The van der Waals surface area contributed by atoms with Crippen LogP contribution in [0.15, 0.2) is 85.1 Å². The maximum Gasteiger partial charge on any atom is 0.223 e. The molecule has 6 nitrogen and oxygen atoms in total. The summed E-state index contributed by atoms with van der Waals surface area (Å²) in [5.74, 6) is -0.0825. The Morgan fingerprint density at radius 3 is 2.23 bits per heavy atom. The monoisotopic (exact) mass is 520 g/mol. The van der Waals surface area contributed by atoms with Crippen molar-refractivity contribution in [3.8, 4) is 0 Å². The first-order valence-corrected chi connectivity index (χ1v) is 14.0. The molecule has 1 aromatic heterocycles. The van der Waals surface area contributed by atoms with E-state index in [0.29, 0.717) is 6.54 Å². The molecular formula is C33H36N4O2. The minimum atomic E-state index is -0.647. The number of nitrogens with zero attached hydrogens (tertiary/aromatic N) is 4. The smallest absolute Gasteiger partial charge is 0.223 e. The lowest BCUT2D eigenvalue weighted by molar-refractivity contribution is -0.116. The minimum absolute atomic E-state index is 0.0825. The molecule has 0 saturated carbocycles. The molecule has 1 N–H and O–H groups in total. The van der Waals surface area contributed by atoms with E-state index >= 15 is 0 Å². The van der Waals surface area contributed by atoms with E-state index in [9.17, 15) is 9.90 Å². The second-order valence-electron chi connectivity index (χ2n) is 10.8. The number of amides is 1. The van der Waals surface area contributed by atoms with Gasteiger partial charge in [-0.15, -0.1) is 0 Å². The van der Waals surface area contributed by atoms with Crippen molar-refractivity contribution >= 4 is 22.5 Å². The third kappa shape index (κ3) is 5.33. The van der Waals surface area contributed by atoms with Gasteiger partial charge in [-0.3, -0.25) is 19.6 Å². The number of aromatic nitrogens is 1. The average molecular weight is 521 g/mol. The summed E-state index contributed by atoms with van der Waals surface area (Å²) in [5, 5.41) is 12.0. The predicted octanol–water partition coefficient (Wildman–Crippen LogP) is 4.45. The van der Waals surface area contributed by atoms with Gasteiger partial charge in [0.2, 0.25) is 5.91 Å². The Balaban J connectivity index is 1.14. The minimum Gasteiger partial charge on any atom is -0.390 e. The fraction of sp³-hybridized carbons (Fsp3) is 0.333. The van der Waals surface area contributed by atoms with E-state index < -0.39 is 6.10 Å². The molecule has 0 bridgehead atoms. The lowest BCUT2D eigenvalue weighted by Gasteiger charge is -2.41. The summed E-state index contributed by atoms with van der Waals surface area (Å²) in [7, 11) is 0. The Bertz CT molecular complexity index is 1410. The van der Waals surface area contributed by atoms with Crippen molar-refractivity contribution in [1.82, 2.24) is 14.8 Å². The zero-order chi connectivity index (χ0) is 26.8. The van der Waals surface area contributed by atoms with E-state index in [1.54, 1.807) is 18.0 Å². The van der Waals surface area contributed by atoms with E-state index in [1.807, 2.05) is 30.3 Å². The van der Waals surface area contributed by atoms with Gasteiger partial charge in [0.1, 0.15) is 0 Å². The van der Waals surface area contributed by atoms with Crippen molar-refractivity contribution in [3.05, 3.63) is 107 Å². The number of aliphatic hydroxyl groups excluding tert-OH is 1. The Morgan fingerprint density at radius 2 is 1.56 bits per heavy atom. The SMILES string of the molecule is CC(=O)N(CC(O)CN1CCN(C2c3ccccc3CCc3ccccc32)CC1)c1cccc2ncccc12. The molecule has 1 fully saturated rings. The molecule has 4 aromatic rings. The molecule has 1 aliphatic carbocycles. The molecule has 2 aliphatic rings. The Labute approximate surface area is 230 Å². The lowest BCUT2D eigenvalue weighted by Crippen LogP contribution is -2.51. The normalized spacial score (nSPS) is 17.3. The first-order valence-electron chi connectivity index (χ1n) is 14.0. The second kappa shape index (κ2) is 11.3. The van der Waals surface area contributed by atoms with Gasteiger partial charge in [0.05, 0.1) is 29.9 Å². The predicted molar refractivity (Wildman–Crippen MR) is 156 cm³/mol. The zero-order valence-electron chi connectivity index (χ0n) is 22.5. The van der Waals surface area contributed by atoms with E-state index in [2.05, 4.69) is 63.3 Å². The zero-order valence-corrected chi connectivity index (χ0v) is 22.5. The van der Waals surface area contributed by atoms with Crippen molar-refractivity contribution in [1.29, 1.82) is 0 Å². The number of hydrogen-bond acceptors (Lipinski definition) is 5. The second-order valence-corrected chi connectivity index (χ2v) is 10.8. The number of hydrogen-bond donors (Lipinski definition) is 1. The van der Waals surface area contributed by atoms with Crippen LogP contribution in [0.2, 0.25) is 0 Å². The van der Waals surface area contributed by atoms with E-state index in [0.717, 1.165) is 55.6 Å². The van der Waals surface area contributed by atoms with Gasteiger partial charge in [-0.05, 0) is 59.4 Å². The summed E-state index contributed by atoms with van der Waals surface area (Å²) < 4.78 is 0. The highest BCUT2D eigenvalue weighted by atomic mass is 16.3. The van der Waals surface area contributed by atoms with Crippen LogP contribution in [0.25, 0.3) is 10.9 Å². The largest absolute Gasteiger partial charge is 0.390 e. The summed E-state index contributed by atoms with van der Waals surface area (Å²) in [4.78, 5) is 23.7. The topological polar surface area (TPSA) is 59.9 Å². The molecule has 1 atom stereocenters. The number of benzene rings is 3. The van der Waals surface area contributed by atoms with Crippen molar-refractivity contribution < 1.29 is 9.90 Å². The molecular weight excluding hydrogens is 484 g/mol. The summed E-state index contributed by atoms with van der Waals surface area (Å²) in [6, 6.07) is 27.7. The van der Waals surface area contributed by atoms with Crippen LogP contribution in [0, 0.1) is 0 Å². The van der Waals surface area contributed by atoms with Crippen LogP contribution >= 0.6 is 0 Å². The third-order valence-electron chi connectivity index (χ3n) is 8.29. The van der Waals surface area contributed by atoms with Crippen molar-refractivity contribution in [2.75, 3.05) is 44.2 Å². The van der Waals surface area contributed by atoms with Gasteiger partial charge in [0, 0.05) is 51.2 Å². The van der Waals surface area contributed by atoms with Crippen LogP contribution in [0.1, 0.15) is 35.2 Å². The van der Waals surface area contributed by atoms with Crippen LogP contribution in [0.3, 0.4) is 0 Å². The van der Waals surface area contributed by atoms with Gasteiger partial charge >= 0.3 is 0 Å². The number of anilines is 1. The number of aliphatic hydroxyl groups is 1. The summed E-state index contributed by atoms with van der Waals surface area (Å²) in [6.45, 7) is 6.00. The summed E-state index contributed by atoms with van der Waals surface area (Å²) in [6.07, 6.45) is 3.27. The average Bonchev–Trinajstić information content (AvgIpc) is 3.13. The van der Waals surface area contributed by atoms with Crippen LogP contribution in [0.4, 0.5) is 5.69 Å². The molecule has 0 spiro atoms. The van der Waals surface area contributed by atoms with Crippen molar-refractivity contribution in [2.45, 2.75) is 31.9 Å². The molecule has 1 unspecified atom stereocenters. The number of pyridine rings is 1. The molecule has 6 rings (SSSR count). The number of β-amino-alcohol motifs (C(OH)–C–C–N with tert-alkyl or cyclic N) is 1. The van der Waals surface area contributed by atoms with E-state index in [-0.39, 0.29) is 18.5 Å². The number of rotatable bonds is 6. The first-order chi connectivity index (χ1) is 19.1. The number of carbonyl (C=O) groups is 1. The number of piperazine rings is 1. The van der Waals surface area contributed by atoms with Gasteiger partial charge < -0.3 is 10.0 Å². The maximum absolute atomic E-state index is 12.6. The molecule has 1 saturated heterocycles. The van der Waals surface area contributed by atoms with Crippen LogP contribution < -0.4 is 4.90 Å². The fourth-order valence-electron chi connectivity index (χ4n) is 6.38. The molecule has 6 heteroatoms. The summed E-state index contributed by atoms with van der Waals surface area (Å²) >= 11 is 0. The van der Waals surface area contributed by atoms with Crippen molar-refractivity contribution in [3.63, 3.8) is 0 Å². The molecule has 2 heterocycles. The maximum atomic E-state index is 12.6. The standard InChI is InChI=1S/C33H36N4O2/c1-24(38)37(32-14-6-13-31-30(32)12-7-17-34-31)23-27(39)22-35-18-20-36(21-19-35)33-28-10-4-2-8-25(28)15-16-26-9-3-5-11-29(26)33/h2-14,17,27,33,39H,15-16,18-23H2,1H3. The van der Waals surface area contributed by atoms with Gasteiger partial charge in [-0.25, -0.2) is 0 Å². The van der Waals surface area contributed by atoms with Gasteiger partial charge in [-0.2, -0.15) is 0 Å². The molecule has 0 radical (unpaired) electrons. The van der Waals surface area contributed by atoms with E-state index in [1.165, 1.54) is 22.3 Å². The Morgan fingerprint density at radius 1 is 0.897 bits per heavy atom. The van der Waals surface area contributed by atoms with Gasteiger partial charge in [0.15, 0.2) is 0 Å². The van der Waals surface area contributed by atoms with Crippen LogP contribution in [-0.2, 0) is 17.6 Å². The highest BCUT2D eigenvalue weighted by Crippen LogP contribution is 2.37. The van der Waals surface area contributed by atoms with Crippen LogP contribution in [0.5, 0.6) is 0 Å². The Hall–Kier alpha value is -3.58. The summed E-state index contributed by atoms with van der Waals surface area (Å²) in [5.41, 5.74) is 7.39. The number of aryl methyl sites for hydroxylation is 2. The van der Waals surface area contributed by atoms with Gasteiger partial charge in [-0.1, -0.05) is 54.6 Å². The quantitative estimate of drug-likeness (QED) is 0.407. The van der Waals surface area contributed by atoms with Gasteiger partial charge in [0.25, 0.3) is 0 Å². The molecule has 1 amide bonds. The molecule has 3 aromatic carbocycles. The highest BCUT2D eigenvalue weighted by Gasteiger charge is 2.31. The highest BCUT2D eigenvalue weighted by molar-refractivity contribution is 6.01. The van der Waals surface area contributed by atoms with E-state index in [4.69, 9.17) is 0 Å². The third-order valence-corrected chi connectivity index (χ3v) is 8.29. The molecule has 200 valence electrons. The Kier molecular flexibility index (Phi) is 7.42. The number of fused-ring (bicyclic) bond motifs is 3. The lowest BCUT2D eigenvalue weighted by atomic mass is 9.92. The van der Waals surface area contributed by atoms with Crippen molar-refractivity contribution in [2.24, 2.45) is 0 Å². The first kappa shape index (κ1) is 25.7. The fourth-order valence-corrected chi connectivity index (χ4v) is 6.38.